The van der Waals surface area contributed by atoms with Crippen LogP contribution in [0.1, 0.15) is 53.4 Å². The van der Waals surface area contributed by atoms with E-state index in [-0.39, 0.29) is 29.6 Å². The van der Waals surface area contributed by atoms with Crippen LogP contribution in [0.15, 0.2) is 47.8 Å². The third-order valence-corrected chi connectivity index (χ3v) is 7.12. The number of allylic oxidation sites excluding steroid dienone is 7. The highest BCUT2D eigenvalue weighted by atomic mass is 16.7. The molecule has 3 unspecified atom stereocenters. The Kier molecular flexibility index (Phi) is 4.32. The second kappa shape index (κ2) is 6.17. The van der Waals surface area contributed by atoms with E-state index in [1.807, 2.05) is 6.08 Å². The van der Waals surface area contributed by atoms with Crippen LogP contribution in [-0.4, -0.2) is 32.3 Å². The maximum absolute atomic E-state index is 6.42. The van der Waals surface area contributed by atoms with E-state index < -0.39 is 0 Å². The quantitative estimate of drug-likeness (QED) is 0.670. The molecule has 3 atom stereocenters. The van der Waals surface area contributed by atoms with Crippen molar-refractivity contribution in [1.29, 1.82) is 0 Å². The van der Waals surface area contributed by atoms with Gasteiger partial charge in [-0.3, -0.25) is 0 Å². The molecule has 3 nitrogen and oxygen atoms in total. The second-order valence-electron chi connectivity index (χ2n) is 9.51. The zero-order chi connectivity index (χ0) is 18.6. The molecule has 0 aromatic carbocycles. The third kappa shape index (κ3) is 2.93. The maximum atomic E-state index is 6.42. The van der Waals surface area contributed by atoms with E-state index in [0.717, 1.165) is 31.4 Å². The molecule has 2 aliphatic heterocycles. The van der Waals surface area contributed by atoms with Gasteiger partial charge in [-0.1, -0.05) is 43.2 Å². The zero-order valence-corrected chi connectivity index (χ0v) is 16.7. The summed E-state index contributed by atoms with van der Waals surface area (Å²) in [6.07, 6.45) is 17.3. The van der Waals surface area contributed by atoms with Crippen LogP contribution in [0.3, 0.4) is 0 Å². The molecule has 0 aromatic rings. The Morgan fingerprint density at radius 2 is 1.54 bits per heavy atom. The lowest BCUT2D eigenvalue weighted by Gasteiger charge is -2.32. The van der Waals surface area contributed by atoms with Crippen LogP contribution >= 0.6 is 0 Å². The van der Waals surface area contributed by atoms with Crippen molar-refractivity contribution in [2.75, 3.05) is 0 Å². The van der Waals surface area contributed by atoms with Gasteiger partial charge in [-0.25, -0.2) is 0 Å². The molecule has 0 aromatic heterocycles. The van der Waals surface area contributed by atoms with E-state index in [4.69, 9.17) is 14.0 Å². The Labute approximate surface area is 159 Å². The Hall–Kier alpha value is -1.19. The van der Waals surface area contributed by atoms with Crippen molar-refractivity contribution in [3.63, 3.8) is 0 Å². The number of hydrogen-bond acceptors (Lipinski definition) is 3. The van der Waals surface area contributed by atoms with Gasteiger partial charge in [-0.05, 0) is 51.8 Å². The largest absolute Gasteiger partial charge is 0.489 e. The molecule has 0 bridgehead atoms. The zero-order valence-electron chi connectivity index (χ0n) is 16.7. The van der Waals surface area contributed by atoms with E-state index in [9.17, 15) is 0 Å². The van der Waals surface area contributed by atoms with Crippen molar-refractivity contribution in [3.05, 3.63) is 47.8 Å². The maximum Gasteiger partial charge on any atom is 0.456 e. The first kappa shape index (κ1) is 18.2. The molecule has 2 aliphatic carbocycles. The minimum absolute atomic E-state index is 0.0283. The first-order valence-electron chi connectivity index (χ1n) is 10.00. The van der Waals surface area contributed by atoms with Crippen LogP contribution < -0.4 is 0 Å². The van der Waals surface area contributed by atoms with Crippen molar-refractivity contribution >= 4 is 15.0 Å². The van der Waals surface area contributed by atoms with Crippen LogP contribution in [0.25, 0.3) is 0 Å². The minimum Gasteiger partial charge on any atom is -0.489 e. The Balaban J connectivity index is 1.54. The number of ether oxygens (including phenoxy) is 1. The molecule has 2 heterocycles. The van der Waals surface area contributed by atoms with Gasteiger partial charge in [0.25, 0.3) is 0 Å². The summed E-state index contributed by atoms with van der Waals surface area (Å²) in [5.41, 5.74) is 0.817. The van der Waals surface area contributed by atoms with Crippen molar-refractivity contribution in [3.8, 4) is 0 Å². The molecule has 26 heavy (non-hydrogen) atoms. The molecule has 5 heteroatoms. The van der Waals surface area contributed by atoms with Crippen molar-refractivity contribution in [2.45, 2.75) is 75.9 Å². The van der Waals surface area contributed by atoms with E-state index in [1.165, 1.54) is 5.57 Å². The van der Waals surface area contributed by atoms with Crippen LogP contribution in [0.5, 0.6) is 0 Å². The highest BCUT2D eigenvalue weighted by Crippen LogP contribution is 2.53. The first-order chi connectivity index (χ1) is 12.2. The van der Waals surface area contributed by atoms with Crippen LogP contribution in [0, 0.1) is 5.92 Å². The SMILES string of the molecule is BC1(B2OC(C)(C)C(C)(C)O2)CCC2OC3=C/C=C\C=C/C=C\3C2CC1. The third-order valence-electron chi connectivity index (χ3n) is 7.12. The molecular weight excluding hydrogens is 322 g/mol. The molecular formula is C21H30B2O3. The topological polar surface area (TPSA) is 27.7 Å². The van der Waals surface area contributed by atoms with Gasteiger partial charge < -0.3 is 14.0 Å². The van der Waals surface area contributed by atoms with Crippen molar-refractivity contribution in [2.24, 2.45) is 5.92 Å². The van der Waals surface area contributed by atoms with Gasteiger partial charge in [0.1, 0.15) is 19.7 Å². The fourth-order valence-corrected chi connectivity index (χ4v) is 4.51. The normalized spacial score (nSPS) is 44.1. The summed E-state index contributed by atoms with van der Waals surface area (Å²) in [6.45, 7) is 8.56. The van der Waals surface area contributed by atoms with Gasteiger partial charge in [0, 0.05) is 11.5 Å². The second-order valence-corrected chi connectivity index (χ2v) is 9.51. The van der Waals surface area contributed by atoms with Gasteiger partial charge in [-0.15, -0.1) is 0 Å². The Morgan fingerprint density at radius 3 is 2.23 bits per heavy atom. The van der Waals surface area contributed by atoms with Crippen LogP contribution in [0.4, 0.5) is 0 Å². The first-order valence-corrected chi connectivity index (χ1v) is 10.00. The fourth-order valence-electron chi connectivity index (χ4n) is 4.51. The summed E-state index contributed by atoms with van der Waals surface area (Å²) < 4.78 is 19.2. The lowest BCUT2D eigenvalue weighted by Crippen LogP contribution is -2.41. The molecule has 0 radical (unpaired) electrons. The Bertz CT molecular complexity index is 688. The molecule has 138 valence electrons. The average molecular weight is 352 g/mol. The molecule has 2 saturated heterocycles. The summed E-state index contributed by atoms with van der Waals surface area (Å²) in [5, 5.41) is 0.0283. The summed E-state index contributed by atoms with van der Waals surface area (Å²) >= 11 is 0. The monoisotopic (exact) mass is 352 g/mol. The number of fused-ring (bicyclic) bond motifs is 3. The minimum atomic E-state index is -0.269. The lowest BCUT2D eigenvalue weighted by molar-refractivity contribution is 0.00578. The number of rotatable bonds is 1. The molecule has 3 fully saturated rings. The molecule has 0 spiro atoms. The van der Waals surface area contributed by atoms with Gasteiger partial charge >= 0.3 is 7.12 Å². The van der Waals surface area contributed by atoms with Gasteiger partial charge in [0.05, 0.1) is 11.2 Å². The van der Waals surface area contributed by atoms with Crippen LogP contribution in [-0.2, 0) is 14.0 Å². The van der Waals surface area contributed by atoms with Gasteiger partial charge in [0.2, 0.25) is 0 Å². The number of hydrogen-bond donors (Lipinski definition) is 0. The fraction of sp³-hybridized carbons (Fsp3) is 0.619. The molecule has 0 N–H and O–H groups in total. The molecule has 0 amide bonds. The predicted octanol–water partition coefficient (Wildman–Crippen LogP) is 3.93. The van der Waals surface area contributed by atoms with E-state index >= 15 is 0 Å². The summed E-state index contributed by atoms with van der Waals surface area (Å²) in [5.74, 6) is 1.53. The van der Waals surface area contributed by atoms with Crippen molar-refractivity contribution in [1.82, 2.24) is 0 Å². The highest BCUT2D eigenvalue weighted by molar-refractivity contribution is 6.60. The molecule has 4 rings (SSSR count). The van der Waals surface area contributed by atoms with Crippen molar-refractivity contribution < 1.29 is 14.0 Å². The highest BCUT2D eigenvalue weighted by Gasteiger charge is 2.58. The molecule has 1 saturated carbocycles. The molecule has 4 aliphatic rings. The Morgan fingerprint density at radius 1 is 0.923 bits per heavy atom. The lowest BCUT2D eigenvalue weighted by atomic mass is 9.42. The summed E-state index contributed by atoms with van der Waals surface area (Å²) in [7, 11) is 2.19. The summed E-state index contributed by atoms with van der Waals surface area (Å²) in [4.78, 5) is 0. The standard InChI is InChI=1S/C21H30B2O3/c1-19(2)20(3,4)26-23(25-19)21(22)13-11-16-15-9-7-5-6-8-10-17(15)24-18(16)12-14-21/h5-10,16,18H,11-14,22H2,1-4H3/b6-5?,7-5-,8-6-,9-7?,10-8?,15-9-,17-10+. The average Bonchev–Trinajstić information content (AvgIpc) is 2.89. The van der Waals surface area contributed by atoms with E-state index in [0.29, 0.717) is 5.92 Å². The predicted molar refractivity (Wildman–Crippen MR) is 109 cm³/mol. The van der Waals surface area contributed by atoms with E-state index in [1.54, 1.807) is 0 Å². The summed E-state index contributed by atoms with van der Waals surface area (Å²) in [6, 6.07) is 0. The van der Waals surface area contributed by atoms with Gasteiger partial charge in [0.15, 0.2) is 0 Å². The van der Waals surface area contributed by atoms with E-state index in [2.05, 4.69) is 65.9 Å². The smallest absolute Gasteiger partial charge is 0.456 e. The van der Waals surface area contributed by atoms with Crippen LogP contribution in [0.2, 0.25) is 5.21 Å². The van der Waals surface area contributed by atoms with Gasteiger partial charge in [-0.2, -0.15) is 0 Å².